The zero-order valence-electron chi connectivity index (χ0n) is 50.2. The number of amides is 1. The highest BCUT2D eigenvalue weighted by Crippen LogP contribution is 2.30. The van der Waals surface area contributed by atoms with Crippen LogP contribution in [0.4, 0.5) is 0 Å². The van der Waals surface area contributed by atoms with Gasteiger partial charge in [-0.2, -0.15) is 0 Å². The second-order valence-corrected chi connectivity index (χ2v) is 24.0. The van der Waals surface area contributed by atoms with E-state index in [-0.39, 0.29) is 12.5 Å². The fourth-order valence-electron chi connectivity index (χ4n) is 11.5. The van der Waals surface area contributed by atoms with Crippen LogP contribution in [0.1, 0.15) is 309 Å². The largest absolute Gasteiger partial charge is 0.394 e. The van der Waals surface area contributed by atoms with Gasteiger partial charge in [-0.3, -0.25) is 4.79 Å². The molecule has 0 bridgehead atoms. The van der Waals surface area contributed by atoms with Crippen LogP contribution in [0.2, 0.25) is 0 Å². The average Bonchev–Trinajstić information content (AvgIpc) is 3.45. The van der Waals surface area contributed by atoms with Crippen molar-refractivity contribution in [3.8, 4) is 0 Å². The molecule has 2 aliphatic rings. The molecule has 14 heteroatoms. The van der Waals surface area contributed by atoms with Crippen molar-refractivity contribution in [1.29, 1.82) is 0 Å². The van der Waals surface area contributed by atoms with Crippen LogP contribution in [-0.2, 0) is 23.7 Å². The first-order chi connectivity index (χ1) is 38.1. The summed E-state index contributed by atoms with van der Waals surface area (Å²) < 4.78 is 22.9. The van der Waals surface area contributed by atoms with E-state index in [1.807, 2.05) is 0 Å². The molecule has 0 saturated carbocycles. The maximum absolute atomic E-state index is 13.3. The Labute approximate surface area is 476 Å². The van der Waals surface area contributed by atoms with Crippen LogP contribution >= 0.6 is 0 Å². The molecule has 464 valence electrons. The fraction of sp³-hybridized carbons (Fsp3) is 0.984. The molecule has 12 unspecified atom stereocenters. The van der Waals surface area contributed by atoms with E-state index in [9.17, 15) is 45.6 Å². The molecule has 0 aromatic rings. The molecule has 2 heterocycles. The van der Waals surface area contributed by atoms with Crippen molar-refractivity contribution < 1.29 is 64.6 Å². The van der Waals surface area contributed by atoms with Gasteiger partial charge in [0.05, 0.1) is 32.0 Å². The zero-order chi connectivity index (χ0) is 56.7. The molecule has 0 aromatic heterocycles. The minimum absolute atomic E-state index is 0.199. The van der Waals surface area contributed by atoms with E-state index in [1.54, 1.807) is 0 Å². The van der Waals surface area contributed by atoms with Crippen LogP contribution in [0, 0.1) is 0 Å². The number of ether oxygens (including phenoxy) is 4. The van der Waals surface area contributed by atoms with Gasteiger partial charge in [0.2, 0.25) is 5.91 Å². The van der Waals surface area contributed by atoms with Crippen molar-refractivity contribution in [3.05, 3.63) is 0 Å². The quantitative estimate of drug-likeness (QED) is 0.0259. The summed E-state index contributed by atoms with van der Waals surface area (Å²) in [5, 5.41) is 87.3. The van der Waals surface area contributed by atoms with Crippen LogP contribution in [0.5, 0.6) is 0 Å². The van der Waals surface area contributed by atoms with Crippen molar-refractivity contribution in [1.82, 2.24) is 5.32 Å². The lowest BCUT2D eigenvalue weighted by molar-refractivity contribution is -0.359. The number of aliphatic hydroxyl groups is 8. The Hall–Kier alpha value is -1.01. The van der Waals surface area contributed by atoms with E-state index < -0.39 is 86.8 Å². The van der Waals surface area contributed by atoms with E-state index in [0.717, 1.165) is 51.4 Å². The molecule has 2 rings (SSSR count). The lowest BCUT2D eigenvalue weighted by Crippen LogP contribution is -2.65. The number of nitrogens with one attached hydrogen (secondary N) is 1. The summed E-state index contributed by atoms with van der Waals surface area (Å²) in [6.45, 7) is 2.90. The molecule has 0 aliphatic carbocycles. The van der Waals surface area contributed by atoms with Gasteiger partial charge in [0.1, 0.15) is 48.8 Å². The maximum Gasteiger partial charge on any atom is 0.220 e. The third kappa shape index (κ3) is 35.2. The van der Waals surface area contributed by atoms with E-state index in [1.165, 1.54) is 231 Å². The normalized spacial score (nSPS) is 24.4. The third-order valence-electron chi connectivity index (χ3n) is 16.8. The SMILES string of the molecule is CCCCCCCCCCCCCCCCCCCCCCCCCCCCCCCCC(=O)NC(COC1OC(CO)C(OC2OC(CO)C(O)C(O)C2O)C(O)C1O)C(O)CCCCCCCCCCCCCCCC. The lowest BCUT2D eigenvalue weighted by atomic mass is 9.97. The zero-order valence-corrected chi connectivity index (χ0v) is 50.2. The first-order valence-corrected chi connectivity index (χ1v) is 33.3. The summed E-state index contributed by atoms with van der Waals surface area (Å²) in [6.07, 6.45) is 41.3. The van der Waals surface area contributed by atoms with E-state index in [0.29, 0.717) is 12.8 Å². The summed E-state index contributed by atoms with van der Waals surface area (Å²) in [7, 11) is 0. The van der Waals surface area contributed by atoms with E-state index in [4.69, 9.17) is 18.9 Å². The van der Waals surface area contributed by atoms with Gasteiger partial charge < -0.3 is 65.1 Å². The average molecular weight is 1120 g/mol. The third-order valence-corrected chi connectivity index (χ3v) is 16.8. The molecule has 12 atom stereocenters. The first kappa shape index (κ1) is 73.1. The molecule has 78 heavy (non-hydrogen) atoms. The molecule has 0 aromatic carbocycles. The van der Waals surface area contributed by atoms with E-state index in [2.05, 4.69) is 19.2 Å². The van der Waals surface area contributed by atoms with Gasteiger partial charge >= 0.3 is 0 Å². The van der Waals surface area contributed by atoms with Gasteiger partial charge in [0.25, 0.3) is 0 Å². The van der Waals surface area contributed by atoms with Crippen molar-refractivity contribution in [2.45, 2.75) is 383 Å². The maximum atomic E-state index is 13.3. The van der Waals surface area contributed by atoms with Crippen molar-refractivity contribution in [2.75, 3.05) is 19.8 Å². The van der Waals surface area contributed by atoms with Crippen LogP contribution in [0.3, 0.4) is 0 Å². The number of unbranched alkanes of at least 4 members (excludes halogenated alkanes) is 42. The Morgan fingerprint density at radius 3 is 1.09 bits per heavy atom. The summed E-state index contributed by atoms with van der Waals surface area (Å²) in [5.74, 6) is -0.199. The minimum Gasteiger partial charge on any atom is -0.394 e. The van der Waals surface area contributed by atoms with Gasteiger partial charge in [0, 0.05) is 6.42 Å². The Kier molecular flexibility index (Phi) is 47.3. The van der Waals surface area contributed by atoms with Crippen molar-refractivity contribution >= 4 is 5.91 Å². The van der Waals surface area contributed by atoms with Crippen LogP contribution in [-0.4, -0.2) is 140 Å². The standard InChI is InChI=1S/C64H125NO13/c1-3-5-7-9-11-13-15-17-19-20-21-22-23-24-25-26-27-28-29-30-31-32-33-34-36-38-40-42-44-46-48-56(69)65-52(53(68)47-45-43-41-39-37-35-18-16-14-12-10-8-6-4-2)51-75-63-61(74)59(72)62(55(50-67)77-63)78-64-60(73)58(71)57(70)54(49-66)76-64/h52-55,57-64,66-68,70-74H,3-51H2,1-2H3,(H,65,69). The Morgan fingerprint density at radius 1 is 0.410 bits per heavy atom. The molecule has 2 fully saturated rings. The lowest BCUT2D eigenvalue weighted by Gasteiger charge is -2.46. The Bertz CT molecular complexity index is 1310. The molecular formula is C64H125NO13. The molecule has 14 nitrogen and oxygen atoms in total. The number of carbonyl (C=O) groups excluding carboxylic acids is 1. The number of aliphatic hydroxyl groups excluding tert-OH is 8. The highest BCUT2D eigenvalue weighted by molar-refractivity contribution is 5.76. The first-order valence-electron chi connectivity index (χ1n) is 33.3. The Morgan fingerprint density at radius 2 is 0.731 bits per heavy atom. The summed E-state index contributed by atoms with van der Waals surface area (Å²) >= 11 is 0. The highest BCUT2D eigenvalue weighted by atomic mass is 16.7. The number of carbonyl (C=O) groups is 1. The number of rotatable bonds is 55. The smallest absolute Gasteiger partial charge is 0.220 e. The highest BCUT2D eigenvalue weighted by Gasteiger charge is 2.51. The summed E-state index contributed by atoms with van der Waals surface area (Å²) in [6, 6.07) is -0.823. The topological polar surface area (TPSA) is 228 Å². The van der Waals surface area contributed by atoms with Crippen molar-refractivity contribution in [2.24, 2.45) is 0 Å². The summed E-state index contributed by atoms with van der Waals surface area (Å²) in [4.78, 5) is 13.3. The fourth-order valence-corrected chi connectivity index (χ4v) is 11.5. The van der Waals surface area contributed by atoms with Gasteiger partial charge in [0.15, 0.2) is 12.6 Å². The minimum atomic E-state index is -1.78. The molecule has 1 amide bonds. The van der Waals surface area contributed by atoms with Gasteiger partial charge in [-0.05, 0) is 12.8 Å². The van der Waals surface area contributed by atoms with Crippen molar-refractivity contribution in [3.63, 3.8) is 0 Å². The molecular weight excluding hydrogens is 991 g/mol. The predicted molar refractivity (Wildman–Crippen MR) is 314 cm³/mol. The van der Waals surface area contributed by atoms with Gasteiger partial charge in [-0.1, -0.05) is 290 Å². The summed E-state index contributed by atoms with van der Waals surface area (Å²) in [5.41, 5.74) is 0. The molecule has 2 aliphatic heterocycles. The van der Waals surface area contributed by atoms with E-state index >= 15 is 0 Å². The Balaban J connectivity index is 1.63. The van der Waals surface area contributed by atoms with Crippen LogP contribution < -0.4 is 5.32 Å². The van der Waals surface area contributed by atoms with Gasteiger partial charge in [-0.15, -0.1) is 0 Å². The monoisotopic (exact) mass is 1120 g/mol. The number of hydrogen-bond donors (Lipinski definition) is 9. The second kappa shape index (κ2) is 50.5. The van der Waals surface area contributed by atoms with Crippen LogP contribution in [0.25, 0.3) is 0 Å². The second-order valence-electron chi connectivity index (χ2n) is 24.0. The molecule has 2 saturated heterocycles. The number of hydrogen-bond acceptors (Lipinski definition) is 13. The van der Waals surface area contributed by atoms with Crippen LogP contribution in [0.15, 0.2) is 0 Å². The molecule has 0 spiro atoms. The van der Waals surface area contributed by atoms with Gasteiger partial charge in [-0.25, -0.2) is 0 Å². The predicted octanol–water partition coefficient (Wildman–Crippen LogP) is 12.5. The molecule has 9 N–H and O–H groups in total. The molecule has 0 radical (unpaired) electrons.